The van der Waals surface area contributed by atoms with Crippen LogP contribution in [0.4, 0.5) is 5.82 Å². The summed E-state index contributed by atoms with van der Waals surface area (Å²) < 4.78 is 1.88. The first-order valence-electron chi connectivity index (χ1n) is 11.7. The molecule has 6 rings (SSSR count). The number of nitrogens with one attached hydrogen (secondary N) is 2. The third-order valence-corrected chi connectivity index (χ3v) is 7.38. The molecule has 33 heavy (non-hydrogen) atoms. The Morgan fingerprint density at radius 3 is 2.85 bits per heavy atom. The Labute approximate surface area is 192 Å². The summed E-state index contributed by atoms with van der Waals surface area (Å²) in [7, 11) is 2.24. The fourth-order valence-electron chi connectivity index (χ4n) is 5.82. The van der Waals surface area contributed by atoms with Gasteiger partial charge in [0.1, 0.15) is 0 Å². The maximum Gasteiger partial charge on any atom is 0.225 e. The summed E-state index contributed by atoms with van der Waals surface area (Å²) in [5.41, 5.74) is 4.16. The molecule has 1 fully saturated rings. The van der Waals surface area contributed by atoms with Crippen LogP contribution >= 0.6 is 0 Å². The number of amides is 1. The predicted octanol–water partition coefficient (Wildman–Crippen LogP) is 4.13. The van der Waals surface area contributed by atoms with Crippen molar-refractivity contribution in [2.24, 2.45) is 5.92 Å². The number of hydrogen-bond acceptors (Lipinski definition) is 4. The highest BCUT2D eigenvalue weighted by molar-refractivity contribution is 5.90. The van der Waals surface area contributed by atoms with Gasteiger partial charge in [0.2, 0.25) is 5.91 Å². The molecule has 3 atom stereocenters. The van der Waals surface area contributed by atoms with Crippen LogP contribution in [0, 0.1) is 5.92 Å². The van der Waals surface area contributed by atoms with Crippen molar-refractivity contribution in [2.45, 2.75) is 37.6 Å². The lowest BCUT2D eigenvalue weighted by Gasteiger charge is -2.45. The summed E-state index contributed by atoms with van der Waals surface area (Å²) in [6.07, 6.45) is 9.62. The van der Waals surface area contributed by atoms with E-state index >= 15 is 0 Å². The van der Waals surface area contributed by atoms with Crippen LogP contribution in [-0.4, -0.2) is 50.2 Å². The van der Waals surface area contributed by atoms with E-state index in [4.69, 9.17) is 0 Å². The molecule has 0 spiro atoms. The Balaban J connectivity index is 1.09. The van der Waals surface area contributed by atoms with Crippen LogP contribution in [0.3, 0.4) is 0 Å². The smallest absolute Gasteiger partial charge is 0.225 e. The number of fused-ring (bicyclic) bond motifs is 2. The SMILES string of the molecule is CN1CC(CCC(=O)Nc2ccc(-n3cccc3)nn2)C[C@@H]2c3cccc4[nH]cc(c34)C[C@H]21. The Morgan fingerprint density at radius 1 is 1.15 bits per heavy atom. The average molecular weight is 441 g/mol. The van der Waals surface area contributed by atoms with Gasteiger partial charge in [-0.05, 0) is 73.7 Å². The number of H-pyrrole nitrogens is 1. The van der Waals surface area contributed by atoms with Gasteiger partial charge in [0.25, 0.3) is 0 Å². The Morgan fingerprint density at radius 2 is 2.03 bits per heavy atom. The van der Waals surface area contributed by atoms with Crippen LogP contribution in [0.1, 0.15) is 36.3 Å². The lowest BCUT2D eigenvalue weighted by Crippen LogP contribution is -2.47. The highest BCUT2D eigenvalue weighted by atomic mass is 16.1. The molecule has 1 amide bonds. The van der Waals surface area contributed by atoms with Gasteiger partial charge in [-0.15, -0.1) is 10.2 Å². The quantitative estimate of drug-likeness (QED) is 0.489. The summed E-state index contributed by atoms with van der Waals surface area (Å²) in [5.74, 6) is 2.25. The molecule has 168 valence electrons. The first-order chi connectivity index (χ1) is 16.2. The molecule has 2 N–H and O–H groups in total. The molecule has 1 aliphatic carbocycles. The molecule has 7 heteroatoms. The third-order valence-electron chi connectivity index (χ3n) is 7.38. The number of rotatable bonds is 5. The largest absolute Gasteiger partial charge is 0.361 e. The minimum atomic E-state index is 0.00135. The van der Waals surface area contributed by atoms with Crippen LogP contribution in [-0.2, 0) is 11.2 Å². The van der Waals surface area contributed by atoms with Gasteiger partial charge < -0.3 is 19.8 Å². The minimum Gasteiger partial charge on any atom is -0.361 e. The summed E-state index contributed by atoms with van der Waals surface area (Å²) in [6.45, 7) is 1.04. The zero-order valence-electron chi connectivity index (χ0n) is 18.7. The standard InChI is InChI=1S/C26H28N6O/c1-31-16-17(13-20-19-5-4-6-21-26(19)18(15-27-21)14-22(20)31)7-10-25(33)28-23-8-9-24(30-29-23)32-11-2-3-12-32/h2-6,8-9,11-12,15,17,20,22,27H,7,10,13-14,16H2,1H3,(H,28,29,33)/t17?,20-,22-/m1/s1. The van der Waals surface area contributed by atoms with Crippen LogP contribution in [0.15, 0.2) is 61.1 Å². The predicted molar refractivity (Wildman–Crippen MR) is 128 cm³/mol. The summed E-state index contributed by atoms with van der Waals surface area (Å²) in [6, 6.07) is 14.7. The van der Waals surface area contributed by atoms with Crippen molar-refractivity contribution < 1.29 is 4.79 Å². The van der Waals surface area contributed by atoms with Gasteiger partial charge in [0.15, 0.2) is 11.6 Å². The lowest BCUT2D eigenvalue weighted by molar-refractivity contribution is -0.116. The van der Waals surface area contributed by atoms with Crippen molar-refractivity contribution in [1.82, 2.24) is 24.6 Å². The van der Waals surface area contributed by atoms with Gasteiger partial charge in [0, 0.05) is 54.4 Å². The van der Waals surface area contributed by atoms with Crippen molar-refractivity contribution >= 4 is 22.6 Å². The first kappa shape index (κ1) is 20.2. The number of likely N-dealkylation sites (tertiary alicyclic amines) is 1. The van der Waals surface area contributed by atoms with Crippen LogP contribution in [0.5, 0.6) is 0 Å². The van der Waals surface area contributed by atoms with Gasteiger partial charge in [-0.1, -0.05) is 12.1 Å². The fourth-order valence-corrected chi connectivity index (χ4v) is 5.82. The number of nitrogens with zero attached hydrogens (tertiary/aromatic N) is 4. The van der Waals surface area contributed by atoms with E-state index in [-0.39, 0.29) is 5.91 Å². The molecule has 1 aromatic carbocycles. The second-order valence-electron chi connectivity index (χ2n) is 9.46. The number of anilines is 1. The summed E-state index contributed by atoms with van der Waals surface area (Å²) in [5, 5.41) is 12.7. The third kappa shape index (κ3) is 3.72. The van der Waals surface area contributed by atoms with E-state index in [0.29, 0.717) is 30.1 Å². The highest BCUT2D eigenvalue weighted by Crippen LogP contribution is 2.45. The number of aromatic amines is 1. The van der Waals surface area contributed by atoms with Crippen molar-refractivity contribution in [2.75, 3.05) is 18.9 Å². The average Bonchev–Trinajstić information content (AvgIpc) is 3.51. The fraction of sp³-hybridized carbons (Fsp3) is 0.346. The number of piperidine rings is 1. The molecule has 1 aliphatic heterocycles. The van der Waals surface area contributed by atoms with E-state index in [9.17, 15) is 4.79 Å². The Kier molecular flexibility index (Phi) is 4.99. The molecule has 4 heterocycles. The molecule has 0 saturated carbocycles. The van der Waals surface area contributed by atoms with Gasteiger partial charge >= 0.3 is 0 Å². The molecule has 2 aliphatic rings. The molecule has 0 radical (unpaired) electrons. The lowest BCUT2D eigenvalue weighted by atomic mass is 9.71. The van der Waals surface area contributed by atoms with Gasteiger partial charge in [0.05, 0.1) is 0 Å². The van der Waals surface area contributed by atoms with Crippen molar-refractivity contribution in [1.29, 1.82) is 0 Å². The van der Waals surface area contributed by atoms with E-state index in [1.54, 1.807) is 6.07 Å². The first-order valence-corrected chi connectivity index (χ1v) is 11.7. The monoisotopic (exact) mass is 440 g/mol. The van der Waals surface area contributed by atoms with Crippen molar-refractivity contribution in [3.8, 4) is 5.82 Å². The van der Waals surface area contributed by atoms with E-state index in [2.05, 4.69) is 56.8 Å². The van der Waals surface area contributed by atoms with Crippen molar-refractivity contribution in [3.05, 3.63) is 72.2 Å². The molecule has 0 bridgehead atoms. The highest BCUT2D eigenvalue weighted by Gasteiger charge is 2.39. The second-order valence-corrected chi connectivity index (χ2v) is 9.46. The molecule has 7 nitrogen and oxygen atoms in total. The van der Waals surface area contributed by atoms with Crippen molar-refractivity contribution in [3.63, 3.8) is 0 Å². The number of hydrogen-bond donors (Lipinski definition) is 2. The van der Waals surface area contributed by atoms with Gasteiger partial charge in [-0.2, -0.15) is 0 Å². The molecule has 3 aromatic heterocycles. The maximum absolute atomic E-state index is 12.6. The zero-order chi connectivity index (χ0) is 22.4. The van der Waals surface area contributed by atoms with Crippen LogP contribution in [0.2, 0.25) is 0 Å². The normalized spacial score (nSPS) is 22.3. The zero-order valence-corrected chi connectivity index (χ0v) is 18.7. The van der Waals surface area contributed by atoms with E-state index in [1.807, 2.05) is 35.2 Å². The topological polar surface area (TPSA) is 78.8 Å². The number of carbonyl (C=O) groups is 1. The molecule has 1 unspecified atom stereocenters. The summed E-state index contributed by atoms with van der Waals surface area (Å²) >= 11 is 0. The molecular formula is C26H28N6O. The molecule has 1 saturated heterocycles. The molecular weight excluding hydrogens is 412 g/mol. The Hall–Kier alpha value is -3.45. The van der Waals surface area contributed by atoms with Gasteiger partial charge in [-0.25, -0.2) is 0 Å². The van der Waals surface area contributed by atoms with E-state index < -0.39 is 0 Å². The van der Waals surface area contributed by atoms with E-state index in [1.165, 1.54) is 22.0 Å². The van der Waals surface area contributed by atoms with Gasteiger partial charge in [-0.3, -0.25) is 4.79 Å². The molecule has 4 aromatic rings. The number of carbonyl (C=O) groups excluding carboxylic acids is 1. The Bertz CT molecular complexity index is 1280. The second kappa shape index (κ2) is 8.15. The summed E-state index contributed by atoms with van der Waals surface area (Å²) in [4.78, 5) is 18.6. The van der Waals surface area contributed by atoms with E-state index in [0.717, 1.165) is 31.6 Å². The number of aromatic nitrogens is 4. The number of likely N-dealkylation sites (N-methyl/N-ethyl adjacent to an activating group) is 1. The van der Waals surface area contributed by atoms with Crippen LogP contribution in [0.25, 0.3) is 16.7 Å². The number of benzene rings is 1. The minimum absolute atomic E-state index is 0.00135. The maximum atomic E-state index is 12.6. The van der Waals surface area contributed by atoms with Crippen LogP contribution < -0.4 is 5.32 Å².